The Bertz CT molecular complexity index is 721. The highest BCUT2D eigenvalue weighted by molar-refractivity contribution is 5.71. The van der Waals surface area contributed by atoms with Crippen molar-refractivity contribution in [3.8, 4) is 0 Å². The van der Waals surface area contributed by atoms with E-state index in [0.29, 0.717) is 19.3 Å². The van der Waals surface area contributed by atoms with Crippen LogP contribution in [0.2, 0.25) is 0 Å². The maximum atomic E-state index is 12.6. The van der Waals surface area contributed by atoms with Gasteiger partial charge in [-0.2, -0.15) is 0 Å². The zero-order chi connectivity index (χ0) is 34.8. The summed E-state index contributed by atoms with van der Waals surface area (Å²) in [6.45, 7) is 11.2. The third kappa shape index (κ3) is 34.1. The van der Waals surface area contributed by atoms with E-state index in [4.69, 9.17) is 14.2 Å². The van der Waals surface area contributed by atoms with Crippen molar-refractivity contribution >= 4 is 17.9 Å². The van der Waals surface area contributed by atoms with Crippen molar-refractivity contribution in [2.45, 2.75) is 221 Å². The zero-order valence-electron chi connectivity index (χ0n) is 31.9. The third-order valence-corrected chi connectivity index (χ3v) is 9.33. The van der Waals surface area contributed by atoms with Crippen molar-refractivity contribution in [2.75, 3.05) is 13.2 Å². The van der Waals surface area contributed by atoms with E-state index in [9.17, 15) is 14.4 Å². The molecule has 0 amide bonds. The maximum absolute atomic E-state index is 12.6. The van der Waals surface area contributed by atoms with E-state index in [1.807, 2.05) is 0 Å². The van der Waals surface area contributed by atoms with Crippen LogP contribution in [0.25, 0.3) is 0 Å². The number of rotatable bonds is 35. The minimum absolute atomic E-state index is 0.0672. The van der Waals surface area contributed by atoms with E-state index < -0.39 is 6.10 Å². The Morgan fingerprint density at radius 1 is 0.447 bits per heavy atom. The van der Waals surface area contributed by atoms with Crippen LogP contribution in [0, 0.1) is 11.8 Å². The summed E-state index contributed by atoms with van der Waals surface area (Å²) in [5, 5.41) is 0. The Kier molecular flexibility index (Phi) is 33.1. The van der Waals surface area contributed by atoms with Crippen LogP contribution in [0.15, 0.2) is 0 Å². The van der Waals surface area contributed by atoms with Crippen molar-refractivity contribution in [3.05, 3.63) is 0 Å². The van der Waals surface area contributed by atoms with Crippen LogP contribution in [0.4, 0.5) is 0 Å². The van der Waals surface area contributed by atoms with Gasteiger partial charge in [0, 0.05) is 19.3 Å². The average Bonchev–Trinajstić information content (AvgIpc) is 3.05. The molecule has 0 aromatic carbocycles. The second-order valence-corrected chi connectivity index (χ2v) is 14.6. The lowest BCUT2D eigenvalue weighted by Crippen LogP contribution is -2.30. The fourth-order valence-electron chi connectivity index (χ4n) is 5.84. The topological polar surface area (TPSA) is 78.9 Å². The zero-order valence-corrected chi connectivity index (χ0v) is 31.9. The minimum Gasteiger partial charge on any atom is -0.462 e. The van der Waals surface area contributed by atoms with Crippen LogP contribution in [0.5, 0.6) is 0 Å². The van der Waals surface area contributed by atoms with Crippen LogP contribution in [-0.2, 0) is 28.6 Å². The number of hydrogen-bond donors (Lipinski definition) is 0. The second kappa shape index (κ2) is 34.3. The Labute approximate surface area is 291 Å². The summed E-state index contributed by atoms with van der Waals surface area (Å²) < 4.78 is 16.6. The number of esters is 3. The molecule has 1 unspecified atom stereocenters. The van der Waals surface area contributed by atoms with E-state index in [0.717, 1.165) is 69.6 Å². The molecule has 0 radical (unpaired) electrons. The summed E-state index contributed by atoms with van der Waals surface area (Å²) in [6.07, 6.45) is 29.6. The lowest BCUT2D eigenvalue weighted by Gasteiger charge is -2.18. The van der Waals surface area contributed by atoms with Gasteiger partial charge >= 0.3 is 17.9 Å². The number of carbonyl (C=O) groups excluding carboxylic acids is 3. The first-order valence-corrected chi connectivity index (χ1v) is 20.3. The Balaban J connectivity index is 4.33. The SMILES string of the molecule is CCCCCCCCCC(=O)OC[C@H](COC(=O)CCCCCCCCCCCC(C)C)OC(=O)CCCCCCCCC(C)CC. The molecule has 6 heteroatoms. The molecule has 0 saturated carbocycles. The van der Waals surface area contributed by atoms with Crippen LogP contribution >= 0.6 is 0 Å². The number of hydrogen-bond acceptors (Lipinski definition) is 6. The molecule has 0 aromatic heterocycles. The number of carbonyl (C=O) groups is 3. The van der Waals surface area contributed by atoms with Gasteiger partial charge in [-0.05, 0) is 31.1 Å². The molecule has 0 spiro atoms. The van der Waals surface area contributed by atoms with Crippen molar-refractivity contribution in [2.24, 2.45) is 11.8 Å². The Hall–Kier alpha value is -1.59. The molecule has 0 aliphatic rings. The fourth-order valence-corrected chi connectivity index (χ4v) is 5.84. The number of unbranched alkanes of at least 4 members (excludes halogenated alkanes) is 19. The second-order valence-electron chi connectivity index (χ2n) is 14.6. The van der Waals surface area contributed by atoms with E-state index in [1.165, 1.54) is 103 Å². The van der Waals surface area contributed by atoms with Gasteiger partial charge in [-0.25, -0.2) is 0 Å². The van der Waals surface area contributed by atoms with Crippen molar-refractivity contribution in [3.63, 3.8) is 0 Å². The monoisotopic (exact) mass is 667 g/mol. The number of ether oxygens (including phenoxy) is 3. The van der Waals surface area contributed by atoms with Gasteiger partial charge in [0.05, 0.1) is 0 Å². The molecule has 47 heavy (non-hydrogen) atoms. The third-order valence-electron chi connectivity index (χ3n) is 9.33. The molecule has 0 fully saturated rings. The summed E-state index contributed by atoms with van der Waals surface area (Å²) in [5.74, 6) is 0.744. The van der Waals surface area contributed by atoms with Gasteiger partial charge < -0.3 is 14.2 Å². The minimum atomic E-state index is -0.759. The van der Waals surface area contributed by atoms with Gasteiger partial charge in [-0.1, -0.05) is 176 Å². The molecule has 0 bridgehead atoms. The van der Waals surface area contributed by atoms with Crippen LogP contribution in [0.3, 0.4) is 0 Å². The average molecular weight is 667 g/mol. The predicted molar refractivity (Wildman–Crippen MR) is 196 cm³/mol. The fraction of sp³-hybridized carbons (Fsp3) is 0.927. The molecule has 0 aliphatic heterocycles. The van der Waals surface area contributed by atoms with Gasteiger partial charge in [-0.15, -0.1) is 0 Å². The highest BCUT2D eigenvalue weighted by atomic mass is 16.6. The van der Waals surface area contributed by atoms with Gasteiger partial charge in [-0.3, -0.25) is 14.4 Å². The summed E-state index contributed by atoms with van der Waals surface area (Å²) >= 11 is 0. The van der Waals surface area contributed by atoms with Crippen LogP contribution < -0.4 is 0 Å². The van der Waals surface area contributed by atoms with Crippen LogP contribution in [0.1, 0.15) is 214 Å². The molecule has 6 nitrogen and oxygen atoms in total. The van der Waals surface area contributed by atoms with Crippen molar-refractivity contribution < 1.29 is 28.6 Å². The van der Waals surface area contributed by atoms with Gasteiger partial charge in [0.15, 0.2) is 6.10 Å². The molecule has 0 heterocycles. The Morgan fingerprint density at radius 3 is 1.21 bits per heavy atom. The summed E-state index contributed by atoms with van der Waals surface area (Å²) in [4.78, 5) is 37.4. The summed E-state index contributed by atoms with van der Waals surface area (Å²) in [6, 6.07) is 0. The molecule has 278 valence electrons. The predicted octanol–water partition coefficient (Wildman–Crippen LogP) is 12.2. The van der Waals surface area contributed by atoms with E-state index in [-0.39, 0.29) is 31.1 Å². The van der Waals surface area contributed by atoms with Gasteiger partial charge in [0.1, 0.15) is 13.2 Å². The smallest absolute Gasteiger partial charge is 0.306 e. The first kappa shape index (κ1) is 45.4. The largest absolute Gasteiger partial charge is 0.462 e. The Morgan fingerprint density at radius 2 is 0.809 bits per heavy atom. The summed E-state index contributed by atoms with van der Waals surface area (Å²) in [7, 11) is 0. The molecule has 0 aromatic rings. The maximum Gasteiger partial charge on any atom is 0.306 e. The van der Waals surface area contributed by atoms with Crippen LogP contribution in [-0.4, -0.2) is 37.2 Å². The molecular formula is C41H78O6. The molecule has 0 aliphatic carbocycles. The van der Waals surface area contributed by atoms with Crippen molar-refractivity contribution in [1.29, 1.82) is 0 Å². The lowest BCUT2D eigenvalue weighted by molar-refractivity contribution is -0.167. The molecule has 2 atom stereocenters. The summed E-state index contributed by atoms with van der Waals surface area (Å²) in [5.41, 5.74) is 0. The highest BCUT2D eigenvalue weighted by Gasteiger charge is 2.19. The van der Waals surface area contributed by atoms with E-state index >= 15 is 0 Å². The normalized spacial score (nSPS) is 12.6. The molecule has 0 saturated heterocycles. The quantitative estimate of drug-likeness (QED) is 0.0380. The van der Waals surface area contributed by atoms with Crippen molar-refractivity contribution in [1.82, 2.24) is 0 Å². The highest BCUT2D eigenvalue weighted by Crippen LogP contribution is 2.16. The van der Waals surface area contributed by atoms with Gasteiger partial charge in [0.2, 0.25) is 0 Å². The first-order chi connectivity index (χ1) is 22.8. The van der Waals surface area contributed by atoms with E-state index in [1.54, 1.807) is 0 Å². The lowest BCUT2D eigenvalue weighted by atomic mass is 10.00. The molecular weight excluding hydrogens is 588 g/mol. The first-order valence-electron chi connectivity index (χ1n) is 20.3. The molecule has 0 N–H and O–H groups in total. The molecule has 0 rings (SSSR count). The van der Waals surface area contributed by atoms with Gasteiger partial charge in [0.25, 0.3) is 0 Å². The standard InChI is InChI=1S/C41H78O6/c1-6-8-9-10-14-21-26-31-39(42)45-34-38(47-41(44)33-28-23-18-17-20-25-30-37(5)7-2)35-46-40(43)32-27-22-16-13-11-12-15-19-24-29-36(3)4/h36-38H,6-35H2,1-5H3/t37?,38-/m1/s1. The van der Waals surface area contributed by atoms with E-state index in [2.05, 4.69) is 34.6 Å².